The Morgan fingerprint density at radius 1 is 1.26 bits per heavy atom. The molecule has 1 aromatic rings. The molecule has 2 unspecified atom stereocenters. The van der Waals surface area contributed by atoms with E-state index in [-0.39, 0.29) is 18.7 Å². The van der Waals surface area contributed by atoms with E-state index >= 15 is 0 Å². The number of ether oxygens (including phenoxy) is 1. The Bertz CT molecular complexity index is 463. The second-order valence-corrected chi connectivity index (χ2v) is 5.54. The number of benzene rings is 1. The molecule has 0 aliphatic carbocycles. The number of hydrogen-bond donors (Lipinski definition) is 3. The van der Waals surface area contributed by atoms with Crippen molar-refractivity contribution >= 4 is 15.9 Å². The highest BCUT2D eigenvalue weighted by molar-refractivity contribution is 9.10. The number of nitrogens with two attached hydrogens (primary N) is 1. The number of nitrogens with one attached hydrogen (secondary N) is 1. The van der Waals surface area contributed by atoms with Gasteiger partial charge in [0.2, 0.25) is 0 Å². The fourth-order valence-corrected chi connectivity index (χ4v) is 2.93. The second kappa shape index (κ2) is 6.70. The standard InChI is InChI=1S/C14H23BrN2O2/c1-7-8(2)14(19-5)11(9(3)12(7)15)13(17-4)10(16)6-18/h10,13,17-18H,6,16H2,1-5H3. The molecule has 4 nitrogen and oxygen atoms in total. The molecule has 0 amide bonds. The lowest BCUT2D eigenvalue weighted by Crippen LogP contribution is -2.39. The molecule has 0 spiro atoms. The molecule has 1 aromatic carbocycles. The summed E-state index contributed by atoms with van der Waals surface area (Å²) in [6.07, 6.45) is 0. The SMILES string of the molecule is CNC(c1c(C)c(Br)c(C)c(C)c1OC)C(N)CO. The molecule has 5 heteroatoms. The first-order chi connectivity index (χ1) is 8.90. The molecule has 0 heterocycles. The van der Waals surface area contributed by atoms with Gasteiger partial charge in [0.05, 0.1) is 19.8 Å². The van der Waals surface area contributed by atoms with Crippen molar-refractivity contribution in [2.24, 2.45) is 5.73 Å². The van der Waals surface area contributed by atoms with Crippen LogP contribution in [0.1, 0.15) is 28.3 Å². The topological polar surface area (TPSA) is 67.5 Å². The van der Waals surface area contributed by atoms with Gasteiger partial charge in [-0.2, -0.15) is 0 Å². The van der Waals surface area contributed by atoms with Gasteiger partial charge in [0.15, 0.2) is 0 Å². The third kappa shape index (κ3) is 2.94. The smallest absolute Gasteiger partial charge is 0.127 e. The van der Waals surface area contributed by atoms with Crippen LogP contribution in [0.15, 0.2) is 4.47 Å². The van der Waals surface area contributed by atoms with Gasteiger partial charge in [-0.3, -0.25) is 0 Å². The van der Waals surface area contributed by atoms with Crippen LogP contribution < -0.4 is 15.8 Å². The molecule has 0 bridgehead atoms. The number of hydrogen-bond acceptors (Lipinski definition) is 4. The van der Waals surface area contributed by atoms with Crippen molar-refractivity contribution in [1.82, 2.24) is 5.32 Å². The number of halogens is 1. The fourth-order valence-electron chi connectivity index (χ4n) is 2.42. The zero-order chi connectivity index (χ0) is 14.7. The number of aliphatic hydroxyl groups is 1. The Morgan fingerprint density at radius 3 is 2.26 bits per heavy atom. The highest BCUT2D eigenvalue weighted by atomic mass is 79.9. The molecule has 0 radical (unpaired) electrons. The van der Waals surface area contributed by atoms with Gasteiger partial charge in [-0.05, 0) is 44.5 Å². The third-order valence-electron chi connectivity index (χ3n) is 3.68. The van der Waals surface area contributed by atoms with E-state index in [0.29, 0.717) is 0 Å². The Balaban J connectivity index is 3.56. The average molecular weight is 331 g/mol. The number of aliphatic hydroxyl groups excluding tert-OH is 1. The van der Waals surface area contributed by atoms with Crippen LogP contribution in [0.2, 0.25) is 0 Å². The predicted molar refractivity (Wildman–Crippen MR) is 81.8 cm³/mol. The number of methoxy groups -OCH3 is 1. The van der Waals surface area contributed by atoms with E-state index in [1.54, 1.807) is 7.11 Å². The van der Waals surface area contributed by atoms with Crippen LogP contribution in [0.3, 0.4) is 0 Å². The maximum atomic E-state index is 9.33. The van der Waals surface area contributed by atoms with Gasteiger partial charge in [0.1, 0.15) is 5.75 Å². The molecule has 0 aromatic heterocycles. The van der Waals surface area contributed by atoms with Crippen molar-refractivity contribution < 1.29 is 9.84 Å². The van der Waals surface area contributed by atoms with Gasteiger partial charge in [0, 0.05) is 16.1 Å². The molecule has 19 heavy (non-hydrogen) atoms. The molecule has 0 aliphatic heterocycles. The van der Waals surface area contributed by atoms with Gasteiger partial charge in [-0.15, -0.1) is 0 Å². The van der Waals surface area contributed by atoms with Crippen LogP contribution in [0.4, 0.5) is 0 Å². The van der Waals surface area contributed by atoms with Crippen molar-refractivity contribution in [3.05, 3.63) is 26.7 Å². The highest BCUT2D eigenvalue weighted by Crippen LogP contribution is 2.39. The molecular weight excluding hydrogens is 308 g/mol. The van der Waals surface area contributed by atoms with E-state index in [4.69, 9.17) is 10.5 Å². The summed E-state index contributed by atoms with van der Waals surface area (Å²) in [5.41, 5.74) is 10.3. The lowest BCUT2D eigenvalue weighted by molar-refractivity contribution is 0.238. The van der Waals surface area contributed by atoms with Crippen LogP contribution in [0.25, 0.3) is 0 Å². The van der Waals surface area contributed by atoms with Crippen LogP contribution in [-0.2, 0) is 0 Å². The summed E-state index contributed by atoms with van der Waals surface area (Å²) in [6, 6.07) is -0.540. The number of likely N-dealkylation sites (N-methyl/N-ethyl adjacent to an activating group) is 1. The minimum absolute atomic E-state index is 0.0847. The minimum Gasteiger partial charge on any atom is -0.496 e. The van der Waals surface area contributed by atoms with Crippen LogP contribution in [0.5, 0.6) is 5.75 Å². The van der Waals surface area contributed by atoms with E-state index < -0.39 is 0 Å². The van der Waals surface area contributed by atoms with Crippen LogP contribution >= 0.6 is 15.9 Å². The molecular formula is C14H23BrN2O2. The first-order valence-corrected chi connectivity index (χ1v) is 7.06. The normalized spacial score (nSPS) is 14.3. The Labute approximate surface area is 123 Å². The monoisotopic (exact) mass is 330 g/mol. The summed E-state index contributed by atoms with van der Waals surface area (Å²) in [6.45, 7) is 6.03. The van der Waals surface area contributed by atoms with E-state index in [1.165, 1.54) is 0 Å². The van der Waals surface area contributed by atoms with Crippen molar-refractivity contribution in [2.75, 3.05) is 20.8 Å². The third-order valence-corrected chi connectivity index (χ3v) is 4.86. The largest absolute Gasteiger partial charge is 0.496 e. The van der Waals surface area contributed by atoms with Gasteiger partial charge < -0.3 is 20.9 Å². The highest BCUT2D eigenvalue weighted by Gasteiger charge is 2.26. The second-order valence-electron chi connectivity index (χ2n) is 4.75. The van der Waals surface area contributed by atoms with Gasteiger partial charge >= 0.3 is 0 Å². The van der Waals surface area contributed by atoms with Crippen LogP contribution in [-0.4, -0.2) is 31.9 Å². The lowest BCUT2D eigenvalue weighted by atomic mass is 9.91. The summed E-state index contributed by atoms with van der Waals surface area (Å²) >= 11 is 3.63. The maximum Gasteiger partial charge on any atom is 0.127 e. The Kier molecular flexibility index (Phi) is 5.80. The molecule has 0 aliphatic rings. The first kappa shape index (κ1) is 16.4. The molecule has 0 saturated carbocycles. The van der Waals surface area contributed by atoms with Crippen molar-refractivity contribution in [1.29, 1.82) is 0 Å². The summed E-state index contributed by atoms with van der Waals surface area (Å²) < 4.78 is 6.63. The van der Waals surface area contributed by atoms with Gasteiger partial charge in [0.25, 0.3) is 0 Å². The van der Waals surface area contributed by atoms with Gasteiger partial charge in [-0.1, -0.05) is 15.9 Å². The lowest BCUT2D eigenvalue weighted by Gasteiger charge is -2.28. The first-order valence-electron chi connectivity index (χ1n) is 6.27. The molecule has 2 atom stereocenters. The Hall–Kier alpha value is -0.620. The summed E-state index contributed by atoms with van der Waals surface area (Å²) in [4.78, 5) is 0. The summed E-state index contributed by atoms with van der Waals surface area (Å²) in [7, 11) is 3.50. The maximum absolute atomic E-state index is 9.33. The summed E-state index contributed by atoms with van der Waals surface area (Å²) in [5, 5.41) is 12.5. The molecule has 108 valence electrons. The predicted octanol–water partition coefficient (Wildman–Crippen LogP) is 1.96. The van der Waals surface area contributed by atoms with E-state index in [9.17, 15) is 5.11 Å². The number of rotatable bonds is 5. The average Bonchev–Trinajstić information content (AvgIpc) is 2.42. The fraction of sp³-hybridized carbons (Fsp3) is 0.571. The zero-order valence-electron chi connectivity index (χ0n) is 12.2. The molecule has 0 saturated heterocycles. The van der Waals surface area contributed by atoms with E-state index in [2.05, 4.69) is 28.2 Å². The zero-order valence-corrected chi connectivity index (χ0v) is 13.8. The minimum atomic E-state index is -0.383. The van der Waals surface area contributed by atoms with Crippen molar-refractivity contribution in [3.63, 3.8) is 0 Å². The Morgan fingerprint density at radius 2 is 1.84 bits per heavy atom. The molecule has 1 rings (SSSR count). The molecule has 0 fully saturated rings. The van der Waals surface area contributed by atoms with Crippen LogP contribution in [0, 0.1) is 20.8 Å². The van der Waals surface area contributed by atoms with Crippen molar-refractivity contribution in [2.45, 2.75) is 32.9 Å². The molecule has 4 N–H and O–H groups in total. The quantitative estimate of drug-likeness (QED) is 0.772. The summed E-state index contributed by atoms with van der Waals surface area (Å²) in [5.74, 6) is 0.835. The van der Waals surface area contributed by atoms with Gasteiger partial charge in [-0.25, -0.2) is 0 Å². The van der Waals surface area contributed by atoms with E-state index in [1.807, 2.05) is 20.9 Å². The van der Waals surface area contributed by atoms with E-state index in [0.717, 1.165) is 32.5 Å². The van der Waals surface area contributed by atoms with Crippen molar-refractivity contribution in [3.8, 4) is 5.75 Å².